The number of carbonyl (C=O) groups excluding carboxylic acids is 4. The van der Waals surface area contributed by atoms with Crippen LogP contribution in [0.25, 0.3) is 0 Å². The number of carbonyl (C=O) groups is 4. The number of benzene rings is 1. The average Bonchev–Trinajstić information content (AvgIpc) is 2.96. The normalized spacial score (nSPS) is 23.8. The van der Waals surface area contributed by atoms with Gasteiger partial charge in [-0.15, -0.1) is 11.8 Å². The smallest absolute Gasteiger partial charge is 0.408 e. The Labute approximate surface area is 178 Å². The van der Waals surface area contributed by atoms with E-state index in [9.17, 15) is 19.2 Å². The third kappa shape index (κ3) is 4.69. The van der Waals surface area contributed by atoms with Crippen LogP contribution < -0.4 is 5.32 Å². The number of hydrogen-bond acceptors (Lipinski definition) is 8. The monoisotopic (exact) mass is 436 g/mol. The van der Waals surface area contributed by atoms with Crippen LogP contribution in [0.15, 0.2) is 30.3 Å². The summed E-state index contributed by atoms with van der Waals surface area (Å²) in [4.78, 5) is 49.5. The van der Waals surface area contributed by atoms with E-state index in [0.29, 0.717) is 0 Å². The molecule has 0 aromatic heterocycles. The number of hydrogen-bond donors (Lipinski definition) is 1. The molecule has 3 atom stereocenters. The first-order chi connectivity index (χ1) is 14.2. The molecule has 9 nitrogen and oxygen atoms in total. The second kappa shape index (κ2) is 8.95. The molecule has 2 amide bonds. The first-order valence-electron chi connectivity index (χ1n) is 9.48. The van der Waals surface area contributed by atoms with Gasteiger partial charge in [0, 0.05) is 11.7 Å². The summed E-state index contributed by atoms with van der Waals surface area (Å²) in [5.41, 5.74) is 0.835. The van der Waals surface area contributed by atoms with E-state index < -0.39 is 34.9 Å². The third-order valence-electron chi connectivity index (χ3n) is 4.78. The van der Waals surface area contributed by atoms with Crippen molar-refractivity contribution >= 4 is 35.7 Å². The van der Waals surface area contributed by atoms with E-state index in [-0.39, 0.29) is 31.1 Å². The number of nitrogens with zero attached hydrogens (tertiary/aromatic N) is 1. The van der Waals surface area contributed by atoms with Crippen LogP contribution in [-0.4, -0.2) is 64.3 Å². The van der Waals surface area contributed by atoms with Gasteiger partial charge in [0.15, 0.2) is 0 Å². The summed E-state index contributed by atoms with van der Waals surface area (Å²) < 4.78 is 14.5. The van der Waals surface area contributed by atoms with Crippen LogP contribution in [0.5, 0.6) is 0 Å². The second-order valence-electron chi connectivity index (χ2n) is 7.45. The minimum absolute atomic E-state index is 0.0455. The summed E-state index contributed by atoms with van der Waals surface area (Å²) >= 11 is 1.42. The van der Waals surface area contributed by atoms with Crippen molar-refractivity contribution in [3.63, 3.8) is 0 Å². The number of β-lactam (4-membered cyclic amide) rings is 1. The zero-order valence-corrected chi connectivity index (χ0v) is 17.8. The Morgan fingerprint density at radius 2 is 1.77 bits per heavy atom. The predicted octanol–water partition coefficient (Wildman–Crippen LogP) is 1.45. The fourth-order valence-corrected chi connectivity index (χ4v) is 5.05. The van der Waals surface area contributed by atoms with E-state index in [0.717, 1.165) is 5.56 Å². The van der Waals surface area contributed by atoms with E-state index in [4.69, 9.17) is 14.2 Å². The van der Waals surface area contributed by atoms with Crippen molar-refractivity contribution in [1.82, 2.24) is 10.2 Å². The SMILES string of the molecule is CC(=O)OCCOC(=O)[C@@H]1N2C(=O)[C@@H](NC(=O)OCc3ccccc3)[C@H]2SC1(C)C. The fraction of sp³-hybridized carbons (Fsp3) is 0.500. The highest BCUT2D eigenvalue weighted by molar-refractivity contribution is 8.01. The van der Waals surface area contributed by atoms with Crippen molar-refractivity contribution in [2.75, 3.05) is 13.2 Å². The van der Waals surface area contributed by atoms with Crippen LogP contribution in [0.1, 0.15) is 26.3 Å². The number of thioether (sulfide) groups is 1. The number of esters is 2. The Balaban J connectivity index is 1.53. The van der Waals surface area contributed by atoms with Gasteiger partial charge in [-0.05, 0) is 19.4 Å². The van der Waals surface area contributed by atoms with Gasteiger partial charge in [-0.3, -0.25) is 9.59 Å². The molecule has 162 valence electrons. The van der Waals surface area contributed by atoms with Gasteiger partial charge in [-0.2, -0.15) is 0 Å². The van der Waals surface area contributed by atoms with Gasteiger partial charge in [-0.25, -0.2) is 9.59 Å². The zero-order chi connectivity index (χ0) is 21.9. The summed E-state index contributed by atoms with van der Waals surface area (Å²) in [6.45, 7) is 4.90. The summed E-state index contributed by atoms with van der Waals surface area (Å²) in [5.74, 6) is -1.40. The molecule has 2 heterocycles. The van der Waals surface area contributed by atoms with Crippen LogP contribution in [-0.2, 0) is 35.2 Å². The highest BCUT2D eigenvalue weighted by Crippen LogP contribution is 2.51. The minimum Gasteiger partial charge on any atom is -0.462 e. The molecule has 10 heteroatoms. The van der Waals surface area contributed by atoms with Gasteiger partial charge in [-0.1, -0.05) is 30.3 Å². The van der Waals surface area contributed by atoms with Gasteiger partial charge in [0.2, 0.25) is 5.91 Å². The van der Waals surface area contributed by atoms with Crippen molar-refractivity contribution in [1.29, 1.82) is 0 Å². The fourth-order valence-electron chi connectivity index (χ4n) is 3.42. The molecule has 2 aliphatic rings. The second-order valence-corrected chi connectivity index (χ2v) is 9.22. The largest absolute Gasteiger partial charge is 0.462 e. The van der Waals surface area contributed by atoms with E-state index in [1.54, 1.807) is 0 Å². The number of alkyl carbamates (subject to hydrolysis) is 1. The summed E-state index contributed by atoms with van der Waals surface area (Å²) in [7, 11) is 0. The molecule has 0 saturated carbocycles. The molecule has 2 aliphatic heterocycles. The van der Waals surface area contributed by atoms with Gasteiger partial charge >= 0.3 is 18.0 Å². The van der Waals surface area contributed by atoms with E-state index in [2.05, 4.69) is 5.32 Å². The molecule has 3 rings (SSSR count). The molecule has 30 heavy (non-hydrogen) atoms. The molecule has 0 radical (unpaired) electrons. The maximum atomic E-state index is 12.6. The highest BCUT2D eigenvalue weighted by atomic mass is 32.2. The lowest BCUT2D eigenvalue weighted by molar-refractivity contribution is -0.165. The van der Waals surface area contributed by atoms with Crippen LogP contribution in [0.3, 0.4) is 0 Å². The van der Waals surface area contributed by atoms with Gasteiger partial charge in [0.05, 0.1) is 0 Å². The lowest BCUT2D eigenvalue weighted by Gasteiger charge is -2.43. The van der Waals surface area contributed by atoms with E-state index in [1.807, 2.05) is 44.2 Å². The van der Waals surface area contributed by atoms with E-state index in [1.165, 1.54) is 23.6 Å². The topological polar surface area (TPSA) is 111 Å². The van der Waals surface area contributed by atoms with Crippen molar-refractivity contribution in [2.24, 2.45) is 0 Å². The highest BCUT2D eigenvalue weighted by Gasteiger charge is 2.64. The summed E-state index contributed by atoms with van der Waals surface area (Å²) in [5, 5.41) is 2.20. The minimum atomic E-state index is -0.796. The molecular weight excluding hydrogens is 412 g/mol. The molecular formula is C20H24N2O7S. The first-order valence-corrected chi connectivity index (χ1v) is 10.4. The third-order valence-corrected chi connectivity index (χ3v) is 6.35. The molecule has 0 spiro atoms. The van der Waals surface area contributed by atoms with Crippen LogP contribution in [0.4, 0.5) is 4.79 Å². The maximum Gasteiger partial charge on any atom is 0.408 e. The van der Waals surface area contributed by atoms with Gasteiger partial charge in [0.25, 0.3) is 0 Å². The van der Waals surface area contributed by atoms with Crippen LogP contribution in [0.2, 0.25) is 0 Å². The predicted molar refractivity (Wildman–Crippen MR) is 107 cm³/mol. The zero-order valence-electron chi connectivity index (χ0n) is 17.0. The quantitative estimate of drug-likeness (QED) is 0.296. The van der Waals surface area contributed by atoms with Crippen molar-refractivity contribution < 1.29 is 33.4 Å². The van der Waals surface area contributed by atoms with Gasteiger partial charge in [0.1, 0.15) is 37.3 Å². The molecule has 2 fully saturated rings. The first kappa shape index (κ1) is 21.9. The van der Waals surface area contributed by atoms with Crippen molar-refractivity contribution in [3.05, 3.63) is 35.9 Å². The number of fused-ring (bicyclic) bond motifs is 1. The molecule has 0 unspecified atom stereocenters. The summed E-state index contributed by atoms with van der Waals surface area (Å²) in [6.07, 6.45) is -0.692. The Hall–Kier alpha value is -2.75. The Morgan fingerprint density at radius 1 is 1.10 bits per heavy atom. The number of amides is 2. The van der Waals surface area contributed by atoms with Crippen LogP contribution in [0, 0.1) is 0 Å². The Kier molecular flexibility index (Phi) is 6.55. The Bertz CT molecular complexity index is 830. The van der Waals surface area contributed by atoms with E-state index >= 15 is 0 Å². The number of rotatable bonds is 7. The van der Waals surface area contributed by atoms with Crippen molar-refractivity contribution in [2.45, 2.75) is 49.6 Å². The number of nitrogens with one attached hydrogen (secondary N) is 1. The van der Waals surface area contributed by atoms with Crippen molar-refractivity contribution in [3.8, 4) is 0 Å². The molecule has 1 aromatic carbocycles. The van der Waals surface area contributed by atoms with Crippen LogP contribution >= 0.6 is 11.8 Å². The van der Waals surface area contributed by atoms with Gasteiger partial charge < -0.3 is 24.4 Å². The Morgan fingerprint density at radius 3 is 2.43 bits per heavy atom. The lowest BCUT2D eigenvalue weighted by Crippen LogP contribution is -2.70. The number of ether oxygens (including phenoxy) is 3. The molecule has 0 bridgehead atoms. The molecule has 2 saturated heterocycles. The lowest BCUT2D eigenvalue weighted by atomic mass is 9.96. The maximum absolute atomic E-state index is 12.6. The molecule has 0 aliphatic carbocycles. The standard InChI is InChI=1S/C20H24N2O7S/c1-12(23)27-9-10-28-18(25)15-20(2,3)30-17-14(16(24)22(15)17)21-19(26)29-11-13-7-5-4-6-8-13/h4-8,14-15,17H,9-11H2,1-3H3,(H,21,26)/t14-,15+,17-/m1/s1. The average molecular weight is 436 g/mol. The molecule has 1 N–H and O–H groups in total. The summed E-state index contributed by atoms with van der Waals surface area (Å²) in [6, 6.07) is 7.64. The molecule has 1 aromatic rings.